The highest BCUT2D eigenvalue weighted by Gasteiger charge is 2.17. The number of sulfone groups is 1. The SMILES string of the molecule is CC(NCCC1CCC1)c1ccc(S(C)(=O)=O)cc1. The number of hydrogen-bond donors (Lipinski definition) is 1. The Kier molecular flexibility index (Phi) is 4.63. The van der Waals surface area contributed by atoms with Gasteiger partial charge in [-0.1, -0.05) is 31.4 Å². The van der Waals surface area contributed by atoms with Crippen LogP contribution in [0.1, 0.15) is 44.2 Å². The summed E-state index contributed by atoms with van der Waals surface area (Å²) in [7, 11) is -3.09. The molecular formula is C15H23NO2S. The highest BCUT2D eigenvalue weighted by Crippen LogP contribution is 2.29. The normalized spacial score (nSPS) is 18.0. The van der Waals surface area contributed by atoms with Crippen molar-refractivity contribution in [2.75, 3.05) is 12.8 Å². The van der Waals surface area contributed by atoms with Gasteiger partial charge in [-0.2, -0.15) is 0 Å². The Bertz CT molecular complexity index is 503. The maximum absolute atomic E-state index is 11.4. The first-order valence-corrected chi connectivity index (χ1v) is 8.89. The van der Waals surface area contributed by atoms with Gasteiger partial charge in [0, 0.05) is 12.3 Å². The average molecular weight is 281 g/mol. The first-order valence-electron chi connectivity index (χ1n) is 7.00. The van der Waals surface area contributed by atoms with Crippen LogP contribution in [-0.4, -0.2) is 21.2 Å². The Morgan fingerprint density at radius 3 is 2.37 bits per heavy atom. The molecule has 0 spiro atoms. The Morgan fingerprint density at radius 1 is 1.26 bits per heavy atom. The summed E-state index contributed by atoms with van der Waals surface area (Å²) in [4.78, 5) is 0.387. The molecule has 1 aliphatic carbocycles. The van der Waals surface area contributed by atoms with Crippen LogP contribution >= 0.6 is 0 Å². The molecule has 1 saturated carbocycles. The van der Waals surface area contributed by atoms with E-state index in [1.807, 2.05) is 12.1 Å². The monoisotopic (exact) mass is 281 g/mol. The molecule has 4 heteroatoms. The fourth-order valence-corrected chi connectivity index (χ4v) is 3.04. The summed E-state index contributed by atoms with van der Waals surface area (Å²) in [5.74, 6) is 0.923. The molecule has 106 valence electrons. The van der Waals surface area contributed by atoms with E-state index in [1.54, 1.807) is 12.1 Å². The van der Waals surface area contributed by atoms with Gasteiger partial charge in [0.25, 0.3) is 0 Å². The lowest BCUT2D eigenvalue weighted by molar-refractivity contribution is 0.288. The van der Waals surface area contributed by atoms with Crippen LogP contribution in [0.3, 0.4) is 0 Å². The van der Waals surface area contributed by atoms with E-state index < -0.39 is 9.84 Å². The molecule has 1 aromatic rings. The zero-order valence-corrected chi connectivity index (χ0v) is 12.5. The molecule has 3 nitrogen and oxygen atoms in total. The van der Waals surface area contributed by atoms with E-state index >= 15 is 0 Å². The summed E-state index contributed by atoms with van der Waals surface area (Å²) in [6, 6.07) is 7.45. The van der Waals surface area contributed by atoms with Crippen molar-refractivity contribution in [3.63, 3.8) is 0 Å². The molecule has 2 rings (SSSR count). The van der Waals surface area contributed by atoms with E-state index in [0.717, 1.165) is 18.0 Å². The van der Waals surface area contributed by atoms with Crippen LogP contribution in [0.5, 0.6) is 0 Å². The molecule has 0 radical (unpaired) electrons. The van der Waals surface area contributed by atoms with Gasteiger partial charge in [-0.15, -0.1) is 0 Å². The van der Waals surface area contributed by atoms with Gasteiger partial charge in [0.05, 0.1) is 4.90 Å². The lowest BCUT2D eigenvalue weighted by Gasteiger charge is -2.26. The van der Waals surface area contributed by atoms with Gasteiger partial charge in [-0.25, -0.2) is 8.42 Å². The fourth-order valence-electron chi connectivity index (χ4n) is 2.41. The van der Waals surface area contributed by atoms with Crippen LogP contribution in [0.15, 0.2) is 29.2 Å². The van der Waals surface area contributed by atoms with Gasteiger partial charge in [0.2, 0.25) is 0 Å². The van der Waals surface area contributed by atoms with Crippen molar-refractivity contribution in [3.8, 4) is 0 Å². The van der Waals surface area contributed by atoms with E-state index in [1.165, 1.54) is 31.9 Å². The maximum Gasteiger partial charge on any atom is 0.175 e. The predicted molar refractivity (Wildman–Crippen MR) is 77.9 cm³/mol. The summed E-state index contributed by atoms with van der Waals surface area (Å²) in [5, 5.41) is 3.51. The molecule has 0 bridgehead atoms. The summed E-state index contributed by atoms with van der Waals surface area (Å²) in [6.07, 6.45) is 6.67. The van der Waals surface area contributed by atoms with Crippen molar-refractivity contribution in [1.82, 2.24) is 5.32 Å². The Hall–Kier alpha value is -0.870. The Labute approximate surface area is 116 Å². The molecule has 1 atom stereocenters. The summed E-state index contributed by atoms with van der Waals surface area (Å²) in [5.41, 5.74) is 1.14. The first kappa shape index (κ1) is 14.5. The van der Waals surface area contributed by atoms with Crippen molar-refractivity contribution in [1.29, 1.82) is 0 Å². The van der Waals surface area contributed by atoms with Gasteiger partial charge >= 0.3 is 0 Å². The topological polar surface area (TPSA) is 46.2 Å². The first-order chi connectivity index (χ1) is 8.97. The largest absolute Gasteiger partial charge is 0.310 e. The molecule has 19 heavy (non-hydrogen) atoms. The molecular weight excluding hydrogens is 258 g/mol. The van der Waals surface area contributed by atoms with Gasteiger partial charge in [-0.05, 0) is 43.5 Å². The van der Waals surface area contributed by atoms with E-state index in [9.17, 15) is 8.42 Å². The maximum atomic E-state index is 11.4. The minimum absolute atomic E-state index is 0.272. The highest BCUT2D eigenvalue weighted by atomic mass is 32.2. The van der Waals surface area contributed by atoms with Crippen molar-refractivity contribution < 1.29 is 8.42 Å². The van der Waals surface area contributed by atoms with Gasteiger partial charge in [0.15, 0.2) is 9.84 Å². The third kappa shape index (κ3) is 4.05. The number of nitrogens with one attached hydrogen (secondary N) is 1. The molecule has 1 aliphatic rings. The van der Waals surface area contributed by atoms with Crippen LogP contribution < -0.4 is 5.32 Å². The average Bonchev–Trinajstić information content (AvgIpc) is 2.31. The van der Waals surface area contributed by atoms with Crippen LogP contribution in [0, 0.1) is 5.92 Å². The predicted octanol–water partition coefficient (Wildman–Crippen LogP) is 2.93. The van der Waals surface area contributed by atoms with Crippen molar-refractivity contribution in [3.05, 3.63) is 29.8 Å². The number of hydrogen-bond acceptors (Lipinski definition) is 3. The molecule has 1 fully saturated rings. The van der Waals surface area contributed by atoms with Crippen molar-refractivity contribution in [2.45, 2.75) is 43.5 Å². The molecule has 0 saturated heterocycles. The fraction of sp³-hybridized carbons (Fsp3) is 0.600. The molecule has 1 unspecified atom stereocenters. The number of benzene rings is 1. The molecule has 0 heterocycles. The van der Waals surface area contributed by atoms with Crippen LogP contribution in [0.4, 0.5) is 0 Å². The lowest BCUT2D eigenvalue weighted by Crippen LogP contribution is -2.24. The third-order valence-corrected chi connectivity index (χ3v) is 5.16. The zero-order chi connectivity index (χ0) is 13.9. The van der Waals surface area contributed by atoms with Crippen LogP contribution in [0.2, 0.25) is 0 Å². The highest BCUT2D eigenvalue weighted by molar-refractivity contribution is 7.90. The molecule has 0 aliphatic heterocycles. The zero-order valence-electron chi connectivity index (χ0n) is 11.7. The Balaban J connectivity index is 1.86. The van der Waals surface area contributed by atoms with Crippen LogP contribution in [0.25, 0.3) is 0 Å². The second-order valence-electron chi connectivity index (χ2n) is 5.60. The molecule has 1 aromatic carbocycles. The smallest absolute Gasteiger partial charge is 0.175 e. The van der Waals surface area contributed by atoms with E-state index in [2.05, 4.69) is 12.2 Å². The molecule has 0 amide bonds. The van der Waals surface area contributed by atoms with Crippen molar-refractivity contribution in [2.24, 2.45) is 5.92 Å². The standard InChI is InChI=1S/C15H23NO2S/c1-12(16-11-10-13-4-3-5-13)14-6-8-15(9-7-14)19(2,17)18/h6-9,12-13,16H,3-5,10-11H2,1-2H3. The van der Waals surface area contributed by atoms with Gasteiger partial charge in [-0.3, -0.25) is 0 Å². The Morgan fingerprint density at radius 2 is 1.89 bits per heavy atom. The third-order valence-electron chi connectivity index (χ3n) is 4.04. The van der Waals surface area contributed by atoms with Crippen LogP contribution in [-0.2, 0) is 9.84 Å². The van der Waals surface area contributed by atoms with E-state index in [4.69, 9.17) is 0 Å². The summed E-state index contributed by atoms with van der Waals surface area (Å²) in [6.45, 7) is 3.16. The second kappa shape index (κ2) is 6.06. The van der Waals surface area contributed by atoms with Crippen molar-refractivity contribution >= 4 is 9.84 Å². The molecule has 1 N–H and O–H groups in total. The summed E-state index contributed by atoms with van der Waals surface area (Å²) >= 11 is 0. The summed E-state index contributed by atoms with van der Waals surface area (Å²) < 4.78 is 22.8. The van der Waals surface area contributed by atoms with E-state index in [-0.39, 0.29) is 6.04 Å². The van der Waals surface area contributed by atoms with Gasteiger partial charge < -0.3 is 5.32 Å². The quantitative estimate of drug-likeness (QED) is 0.872. The number of rotatable bonds is 6. The van der Waals surface area contributed by atoms with Gasteiger partial charge in [0.1, 0.15) is 0 Å². The van der Waals surface area contributed by atoms with E-state index in [0.29, 0.717) is 4.90 Å². The lowest BCUT2D eigenvalue weighted by atomic mass is 9.83. The minimum atomic E-state index is -3.09. The molecule has 0 aromatic heterocycles. The second-order valence-corrected chi connectivity index (χ2v) is 7.62. The minimum Gasteiger partial charge on any atom is -0.310 e.